The molecule has 22 heavy (non-hydrogen) atoms. The third kappa shape index (κ3) is 3.85. The summed E-state index contributed by atoms with van der Waals surface area (Å²) in [6, 6.07) is 6.45. The zero-order valence-corrected chi connectivity index (χ0v) is 13.4. The standard InChI is InChI=1S/C16H16N2O3S/c1-11-4-7-15(8-5-11)22(20,21)18-13(3)17-14-6-9-16(19)12(2)10-14/h4-10H,1-3H3. The normalized spacial score (nSPS) is 17.8. The van der Waals surface area contributed by atoms with Gasteiger partial charge in [-0.3, -0.25) is 4.79 Å². The van der Waals surface area contributed by atoms with Crippen LogP contribution in [0.4, 0.5) is 0 Å². The van der Waals surface area contributed by atoms with Gasteiger partial charge >= 0.3 is 0 Å². The molecule has 0 N–H and O–H groups in total. The van der Waals surface area contributed by atoms with Gasteiger partial charge in [-0.2, -0.15) is 8.42 Å². The van der Waals surface area contributed by atoms with Crippen LogP contribution in [0.25, 0.3) is 0 Å². The van der Waals surface area contributed by atoms with Gasteiger partial charge in [0.05, 0.1) is 10.6 Å². The van der Waals surface area contributed by atoms with E-state index in [4.69, 9.17) is 0 Å². The van der Waals surface area contributed by atoms with Crippen LogP contribution in [0.5, 0.6) is 0 Å². The van der Waals surface area contributed by atoms with Crippen LogP contribution in [0.3, 0.4) is 0 Å². The molecule has 0 saturated carbocycles. The lowest BCUT2D eigenvalue weighted by atomic mass is 10.1. The molecule has 6 heteroatoms. The van der Waals surface area contributed by atoms with E-state index in [1.165, 1.54) is 31.2 Å². The van der Waals surface area contributed by atoms with E-state index in [1.54, 1.807) is 25.1 Å². The molecule has 0 heterocycles. The Morgan fingerprint density at radius 3 is 2.27 bits per heavy atom. The monoisotopic (exact) mass is 316 g/mol. The van der Waals surface area contributed by atoms with Crippen molar-refractivity contribution in [2.24, 2.45) is 9.39 Å². The summed E-state index contributed by atoms with van der Waals surface area (Å²) in [5.74, 6) is 0.0273. The third-order valence-electron chi connectivity index (χ3n) is 3.02. The Hall–Kier alpha value is -2.34. The molecule has 0 bridgehead atoms. The van der Waals surface area contributed by atoms with Crippen LogP contribution in [0.2, 0.25) is 0 Å². The number of carbonyl (C=O) groups is 1. The number of amidine groups is 1. The summed E-state index contributed by atoms with van der Waals surface area (Å²) in [6.07, 6.45) is 4.53. The lowest BCUT2D eigenvalue weighted by Gasteiger charge is -2.04. The Morgan fingerprint density at radius 2 is 1.68 bits per heavy atom. The van der Waals surface area contributed by atoms with Crippen molar-refractivity contribution in [1.29, 1.82) is 0 Å². The van der Waals surface area contributed by atoms with Crippen LogP contribution in [0.15, 0.2) is 62.4 Å². The summed E-state index contributed by atoms with van der Waals surface area (Å²) in [6.45, 7) is 5.06. The fraction of sp³-hybridized carbons (Fsp3) is 0.188. The van der Waals surface area contributed by atoms with Gasteiger partial charge in [0, 0.05) is 0 Å². The fourth-order valence-corrected chi connectivity index (χ4v) is 2.82. The van der Waals surface area contributed by atoms with Crippen molar-refractivity contribution in [2.75, 3.05) is 0 Å². The minimum atomic E-state index is -3.78. The molecule has 0 unspecified atom stereocenters. The highest BCUT2D eigenvalue weighted by Gasteiger charge is 2.13. The van der Waals surface area contributed by atoms with Crippen LogP contribution in [-0.2, 0) is 14.8 Å². The van der Waals surface area contributed by atoms with Crippen molar-refractivity contribution < 1.29 is 13.2 Å². The smallest absolute Gasteiger partial charge is 0.283 e. The highest BCUT2D eigenvalue weighted by Crippen LogP contribution is 2.14. The highest BCUT2D eigenvalue weighted by atomic mass is 32.2. The van der Waals surface area contributed by atoms with Gasteiger partial charge in [0.2, 0.25) is 0 Å². The number of nitrogens with zero attached hydrogens (tertiary/aromatic N) is 2. The van der Waals surface area contributed by atoms with Gasteiger partial charge in [-0.05, 0) is 56.7 Å². The van der Waals surface area contributed by atoms with Gasteiger partial charge in [0.25, 0.3) is 10.0 Å². The lowest BCUT2D eigenvalue weighted by molar-refractivity contribution is -0.111. The average Bonchev–Trinajstić information content (AvgIpc) is 2.42. The van der Waals surface area contributed by atoms with Gasteiger partial charge in [0.1, 0.15) is 5.84 Å². The molecule has 0 radical (unpaired) electrons. The number of sulfonamides is 1. The summed E-state index contributed by atoms with van der Waals surface area (Å²) < 4.78 is 28.0. The van der Waals surface area contributed by atoms with Crippen molar-refractivity contribution in [2.45, 2.75) is 25.7 Å². The molecule has 1 aliphatic carbocycles. The second-order valence-corrected chi connectivity index (χ2v) is 6.59. The predicted molar refractivity (Wildman–Crippen MR) is 86.8 cm³/mol. The van der Waals surface area contributed by atoms with Crippen LogP contribution in [0, 0.1) is 6.92 Å². The quantitative estimate of drug-likeness (QED) is 0.478. The van der Waals surface area contributed by atoms with Crippen molar-refractivity contribution in [3.63, 3.8) is 0 Å². The van der Waals surface area contributed by atoms with E-state index in [1.807, 2.05) is 6.92 Å². The second kappa shape index (κ2) is 6.19. The molecule has 0 aromatic heterocycles. The maximum atomic E-state index is 12.2. The molecule has 0 fully saturated rings. The van der Waals surface area contributed by atoms with Crippen molar-refractivity contribution in [1.82, 2.24) is 0 Å². The Kier molecular flexibility index (Phi) is 4.51. The molecule has 1 aliphatic rings. The van der Waals surface area contributed by atoms with E-state index < -0.39 is 10.0 Å². The first-order chi connectivity index (χ1) is 10.3. The number of hydrogen-bond acceptors (Lipinski definition) is 3. The van der Waals surface area contributed by atoms with Crippen LogP contribution in [0.1, 0.15) is 19.4 Å². The van der Waals surface area contributed by atoms with E-state index in [2.05, 4.69) is 9.39 Å². The molecular weight excluding hydrogens is 300 g/mol. The van der Waals surface area contributed by atoms with E-state index >= 15 is 0 Å². The van der Waals surface area contributed by atoms with E-state index in [0.717, 1.165) is 5.56 Å². The fourth-order valence-electron chi connectivity index (χ4n) is 1.85. The average molecular weight is 316 g/mol. The van der Waals surface area contributed by atoms with Gasteiger partial charge in [-0.25, -0.2) is 4.99 Å². The minimum Gasteiger partial charge on any atom is -0.290 e. The molecule has 0 spiro atoms. The Bertz CT molecular complexity index is 827. The molecule has 0 saturated heterocycles. The van der Waals surface area contributed by atoms with Gasteiger partial charge in [-0.1, -0.05) is 17.7 Å². The summed E-state index contributed by atoms with van der Waals surface area (Å²) in [4.78, 5) is 15.6. The van der Waals surface area contributed by atoms with Crippen molar-refractivity contribution in [3.05, 3.63) is 53.6 Å². The van der Waals surface area contributed by atoms with E-state index in [-0.39, 0.29) is 16.5 Å². The number of aliphatic imine (C=N–C) groups is 1. The molecule has 0 amide bonds. The van der Waals surface area contributed by atoms with Crippen LogP contribution >= 0.6 is 0 Å². The largest absolute Gasteiger partial charge is 0.290 e. The molecule has 0 aliphatic heterocycles. The van der Waals surface area contributed by atoms with Gasteiger partial charge < -0.3 is 0 Å². The van der Waals surface area contributed by atoms with Crippen LogP contribution < -0.4 is 0 Å². The number of allylic oxidation sites excluding steroid dienone is 4. The minimum absolute atomic E-state index is 0.0826. The number of hydrogen-bond donors (Lipinski definition) is 0. The van der Waals surface area contributed by atoms with Gasteiger partial charge in [-0.15, -0.1) is 4.40 Å². The summed E-state index contributed by atoms with van der Waals surface area (Å²) in [7, 11) is -3.78. The summed E-state index contributed by atoms with van der Waals surface area (Å²) in [5.41, 5.74) is 2.02. The Morgan fingerprint density at radius 1 is 1.05 bits per heavy atom. The van der Waals surface area contributed by atoms with Crippen molar-refractivity contribution in [3.8, 4) is 0 Å². The number of carbonyl (C=O) groups excluding carboxylic acids is 1. The zero-order valence-electron chi connectivity index (χ0n) is 12.6. The predicted octanol–water partition coefficient (Wildman–Crippen LogP) is 2.63. The molecule has 114 valence electrons. The molecule has 5 nitrogen and oxygen atoms in total. The number of ketones is 1. The number of rotatable bonds is 2. The van der Waals surface area contributed by atoms with E-state index in [9.17, 15) is 13.2 Å². The first-order valence-electron chi connectivity index (χ1n) is 6.65. The highest BCUT2D eigenvalue weighted by molar-refractivity contribution is 7.90. The number of aryl methyl sites for hydroxylation is 1. The Balaban J connectivity index is 2.31. The van der Waals surface area contributed by atoms with E-state index in [0.29, 0.717) is 11.3 Å². The molecule has 1 aromatic rings. The first-order valence-corrected chi connectivity index (χ1v) is 8.09. The summed E-state index contributed by atoms with van der Waals surface area (Å²) >= 11 is 0. The van der Waals surface area contributed by atoms with Gasteiger partial charge in [0.15, 0.2) is 5.78 Å². The third-order valence-corrected chi connectivity index (χ3v) is 4.39. The molecular formula is C16H16N2O3S. The molecule has 1 aromatic carbocycles. The molecule has 2 rings (SSSR count). The molecule has 0 atom stereocenters. The number of benzene rings is 1. The SMILES string of the molecule is CC1=CC(=NC(C)=NS(=O)(=O)c2ccc(C)cc2)C=CC1=O. The maximum Gasteiger partial charge on any atom is 0.283 e. The summed E-state index contributed by atoms with van der Waals surface area (Å²) in [5, 5.41) is 0. The second-order valence-electron chi connectivity index (χ2n) is 4.99. The Labute approximate surface area is 129 Å². The van der Waals surface area contributed by atoms with Crippen molar-refractivity contribution >= 4 is 27.4 Å². The zero-order chi connectivity index (χ0) is 16.3. The lowest BCUT2D eigenvalue weighted by Crippen LogP contribution is -2.07. The maximum absolute atomic E-state index is 12.2. The first kappa shape index (κ1) is 16.0. The topological polar surface area (TPSA) is 75.9 Å². The van der Waals surface area contributed by atoms with Crippen LogP contribution in [-0.4, -0.2) is 25.7 Å².